The van der Waals surface area contributed by atoms with Crippen LogP contribution in [0.15, 0.2) is 0 Å². The summed E-state index contributed by atoms with van der Waals surface area (Å²) in [5.41, 5.74) is 0. The molecule has 2 aliphatic rings. The highest BCUT2D eigenvalue weighted by Crippen LogP contribution is 2.27. The third kappa shape index (κ3) is 9.28. The first kappa shape index (κ1) is 23.7. The van der Waals surface area contributed by atoms with E-state index in [4.69, 9.17) is 33.3 Å². The highest BCUT2D eigenvalue weighted by Gasteiger charge is 2.47. The van der Waals surface area contributed by atoms with E-state index in [2.05, 4.69) is 0 Å². The molecular formula is C15H30O8S. The number of carbonyl (C=O) groups is 1. The smallest absolute Gasteiger partial charge is 0.189 e. The minimum Gasteiger partial charge on any atom is -0.394 e. The van der Waals surface area contributed by atoms with Gasteiger partial charge in [0.05, 0.1) is 19.8 Å². The fraction of sp³-hybridized carbons (Fsp3) is 0.933. The lowest BCUT2D eigenvalue weighted by molar-refractivity contribution is -0.125. The number of hydrogen-bond acceptors (Lipinski definition) is 9. The Hall–Kier alpha value is -0.260. The molecule has 2 fully saturated rings. The van der Waals surface area contributed by atoms with Gasteiger partial charge in [-0.05, 0) is 32.8 Å². The van der Waals surface area contributed by atoms with E-state index in [1.54, 1.807) is 0 Å². The monoisotopic (exact) mass is 370 g/mol. The van der Waals surface area contributed by atoms with Crippen LogP contribution in [0.1, 0.15) is 20.8 Å². The molecule has 8 nitrogen and oxygen atoms in total. The van der Waals surface area contributed by atoms with E-state index < -0.39 is 0 Å². The van der Waals surface area contributed by atoms with Gasteiger partial charge in [-0.3, -0.25) is 4.79 Å². The molecule has 0 aliphatic carbocycles. The van der Waals surface area contributed by atoms with Gasteiger partial charge in [0, 0.05) is 19.5 Å². The van der Waals surface area contributed by atoms with Crippen LogP contribution in [-0.2, 0) is 27.9 Å². The topological polar surface area (TPSA) is 104 Å². The van der Waals surface area contributed by atoms with E-state index in [1.165, 1.54) is 12.0 Å². The fourth-order valence-corrected chi connectivity index (χ4v) is 2.45. The number of ether oxygens (including phenoxy) is 4. The molecule has 0 aromatic carbocycles. The number of hydrogen-bond donors (Lipinski definition) is 2. The molecule has 2 rings (SSSR count). The molecule has 3 atom stereocenters. The van der Waals surface area contributed by atoms with Crippen LogP contribution in [0.5, 0.6) is 0 Å². The van der Waals surface area contributed by atoms with Gasteiger partial charge < -0.3 is 33.3 Å². The molecule has 144 valence electrons. The highest BCUT2D eigenvalue weighted by molar-refractivity contribution is 7.93. The second-order valence-electron chi connectivity index (χ2n) is 4.72. The maximum Gasteiger partial charge on any atom is 0.189 e. The molecular weight excluding hydrogens is 340 g/mol. The first-order valence-corrected chi connectivity index (χ1v) is 9.10. The number of aliphatic hydroxyl groups is 2. The predicted octanol–water partition coefficient (Wildman–Crippen LogP) is 0.393. The van der Waals surface area contributed by atoms with E-state index >= 15 is 0 Å². The first-order valence-electron chi connectivity index (χ1n) is 7.95. The Bertz CT molecular complexity index is 310. The van der Waals surface area contributed by atoms with Gasteiger partial charge in [0.25, 0.3) is 0 Å². The van der Waals surface area contributed by atoms with Crippen molar-refractivity contribution in [2.24, 2.45) is 0 Å². The van der Waals surface area contributed by atoms with Gasteiger partial charge in [0.1, 0.15) is 24.9 Å². The largest absolute Gasteiger partial charge is 0.394 e. The van der Waals surface area contributed by atoms with Gasteiger partial charge in [0.2, 0.25) is 0 Å². The Labute approximate surface area is 147 Å². The fourth-order valence-electron chi connectivity index (χ4n) is 2.04. The van der Waals surface area contributed by atoms with E-state index in [1.807, 2.05) is 27.0 Å². The summed E-state index contributed by atoms with van der Waals surface area (Å²) in [5.74, 6) is 0.0344. The third-order valence-corrected chi connectivity index (χ3v) is 3.40. The van der Waals surface area contributed by atoms with Gasteiger partial charge in [-0.2, -0.15) is 0 Å². The van der Waals surface area contributed by atoms with E-state index in [0.29, 0.717) is 6.61 Å². The predicted molar refractivity (Wildman–Crippen MR) is 89.8 cm³/mol. The number of carbonyl (C=O) groups excluding carboxylic acids is 1. The summed E-state index contributed by atoms with van der Waals surface area (Å²) in [6.45, 7) is 7.63. The zero-order chi connectivity index (χ0) is 18.4. The van der Waals surface area contributed by atoms with E-state index in [0.717, 1.165) is 13.2 Å². The van der Waals surface area contributed by atoms with Crippen LogP contribution in [0.4, 0.5) is 0 Å². The van der Waals surface area contributed by atoms with Crippen LogP contribution < -0.4 is 0 Å². The normalized spacial score (nSPS) is 25.0. The second-order valence-corrected chi connectivity index (χ2v) is 5.25. The van der Waals surface area contributed by atoms with Gasteiger partial charge >= 0.3 is 0 Å². The molecule has 2 heterocycles. The summed E-state index contributed by atoms with van der Waals surface area (Å²) >= 11 is 1.28. The molecule has 24 heavy (non-hydrogen) atoms. The number of ketones is 1. The van der Waals surface area contributed by atoms with Crippen LogP contribution >= 0.6 is 12.0 Å². The van der Waals surface area contributed by atoms with Gasteiger partial charge in [-0.1, -0.05) is 0 Å². The van der Waals surface area contributed by atoms with Crippen molar-refractivity contribution in [3.05, 3.63) is 0 Å². The van der Waals surface area contributed by atoms with Crippen molar-refractivity contribution in [3.8, 4) is 0 Å². The maximum absolute atomic E-state index is 11.1. The van der Waals surface area contributed by atoms with Crippen molar-refractivity contribution >= 4 is 17.8 Å². The molecule has 0 amide bonds. The van der Waals surface area contributed by atoms with Crippen molar-refractivity contribution in [2.75, 3.05) is 45.9 Å². The van der Waals surface area contributed by atoms with Crippen molar-refractivity contribution in [1.29, 1.82) is 0 Å². The summed E-state index contributed by atoms with van der Waals surface area (Å²) in [6, 6.07) is 0. The summed E-state index contributed by atoms with van der Waals surface area (Å²) in [4.78, 5) is 11.1. The Morgan fingerprint density at radius 1 is 1.21 bits per heavy atom. The maximum atomic E-state index is 11.1. The zero-order valence-corrected chi connectivity index (χ0v) is 15.6. The van der Waals surface area contributed by atoms with Crippen molar-refractivity contribution in [3.63, 3.8) is 0 Å². The summed E-state index contributed by atoms with van der Waals surface area (Å²) in [7, 11) is 0. The molecule has 2 N–H and O–H groups in total. The molecule has 9 heteroatoms. The van der Waals surface area contributed by atoms with Crippen LogP contribution in [0.2, 0.25) is 0 Å². The summed E-state index contributed by atoms with van der Waals surface area (Å²) in [5, 5.41) is 15.2. The van der Waals surface area contributed by atoms with Crippen LogP contribution in [0, 0.1) is 0 Å². The van der Waals surface area contributed by atoms with Gasteiger partial charge in [-0.15, -0.1) is 0 Å². The SMILES string of the molecule is CCOC(C)OCC.CSO[C@@H]1CO[C@@H]2C(=O)CO[C@@H]21.OCCO. The quantitative estimate of drug-likeness (QED) is 0.486. The minimum absolute atomic E-state index is 0.0344. The summed E-state index contributed by atoms with van der Waals surface area (Å²) < 4.78 is 25.9. The Morgan fingerprint density at radius 2 is 1.79 bits per heavy atom. The van der Waals surface area contributed by atoms with Crippen LogP contribution in [0.25, 0.3) is 0 Å². The second kappa shape index (κ2) is 15.0. The minimum atomic E-state index is -0.373. The lowest BCUT2D eigenvalue weighted by atomic mass is 10.1. The van der Waals surface area contributed by atoms with Gasteiger partial charge in [-0.25, -0.2) is 0 Å². The number of aliphatic hydroxyl groups excluding tert-OH is 2. The molecule has 0 radical (unpaired) electrons. The standard InChI is InChI=1S/C7H10O4S.C6H14O2.C2H6O2/c1-12-11-5-3-10-6-4(8)2-9-7(5)6;1-4-7-6(3)8-5-2;3-1-2-4/h5-7H,2-3H2,1H3;6H,4-5H2,1-3H3;3-4H,1-2H2/t5-,6-,7-;;/m1../s1. The molecule has 0 bridgehead atoms. The number of Topliss-reactive ketones (excluding diaryl/α,β-unsaturated/α-hetero) is 1. The van der Waals surface area contributed by atoms with Crippen LogP contribution in [0.3, 0.4) is 0 Å². The molecule has 0 saturated carbocycles. The van der Waals surface area contributed by atoms with E-state index in [9.17, 15) is 4.79 Å². The van der Waals surface area contributed by atoms with Crippen LogP contribution in [-0.4, -0.2) is 86.5 Å². The first-order chi connectivity index (χ1) is 11.5. The van der Waals surface area contributed by atoms with E-state index in [-0.39, 0.29) is 50.2 Å². The van der Waals surface area contributed by atoms with Gasteiger partial charge in [0.15, 0.2) is 12.1 Å². The Balaban J connectivity index is 0.000000384. The lowest BCUT2D eigenvalue weighted by Gasteiger charge is -2.12. The van der Waals surface area contributed by atoms with Crippen molar-refractivity contribution < 1.29 is 38.1 Å². The molecule has 0 aromatic heterocycles. The number of rotatable bonds is 7. The Kier molecular flexibility index (Phi) is 14.9. The zero-order valence-electron chi connectivity index (χ0n) is 14.8. The molecule has 0 spiro atoms. The average Bonchev–Trinajstić information content (AvgIpc) is 3.13. The average molecular weight is 370 g/mol. The van der Waals surface area contributed by atoms with Crippen molar-refractivity contribution in [1.82, 2.24) is 0 Å². The summed E-state index contributed by atoms with van der Waals surface area (Å²) in [6.07, 6.45) is 1.16. The molecule has 2 aliphatic heterocycles. The third-order valence-electron chi connectivity index (χ3n) is 2.96. The lowest BCUT2D eigenvalue weighted by Crippen LogP contribution is -2.29. The van der Waals surface area contributed by atoms with Crippen molar-refractivity contribution in [2.45, 2.75) is 45.4 Å². The highest BCUT2D eigenvalue weighted by atomic mass is 32.2. The molecule has 0 unspecified atom stereocenters. The molecule has 0 aromatic rings. The molecule has 2 saturated heterocycles. The Morgan fingerprint density at radius 3 is 2.25 bits per heavy atom. The number of fused-ring (bicyclic) bond motifs is 1.